The van der Waals surface area contributed by atoms with Crippen LogP contribution in [0.25, 0.3) is 0 Å². The Morgan fingerprint density at radius 1 is 0.783 bits per heavy atom. The number of rotatable bonds is 16. The highest BCUT2D eigenvalue weighted by atomic mass is 32.2. The zero-order chi connectivity index (χ0) is 17.6. The van der Waals surface area contributed by atoms with Crippen molar-refractivity contribution in [3.63, 3.8) is 0 Å². The topological polar surface area (TPSA) is 91.7 Å². The predicted octanol–water partition coefficient (Wildman–Crippen LogP) is 4.81. The Bertz CT molecular complexity index is 392. The summed E-state index contributed by atoms with van der Waals surface area (Å²) >= 11 is 0. The van der Waals surface area contributed by atoms with E-state index >= 15 is 0 Å². The van der Waals surface area contributed by atoms with Crippen LogP contribution in [0.4, 0.5) is 0 Å². The smallest absolute Gasteiger partial charge is 0.303 e. The fourth-order valence-electron chi connectivity index (χ4n) is 2.62. The lowest BCUT2D eigenvalue weighted by Crippen LogP contribution is -2.16. The minimum absolute atomic E-state index is 0.295. The van der Waals surface area contributed by atoms with E-state index in [0.29, 0.717) is 12.8 Å². The van der Waals surface area contributed by atoms with Crippen LogP contribution in [0, 0.1) is 0 Å². The van der Waals surface area contributed by atoms with E-state index in [0.717, 1.165) is 38.5 Å². The van der Waals surface area contributed by atoms with Gasteiger partial charge >= 0.3 is 5.97 Å². The van der Waals surface area contributed by atoms with Crippen LogP contribution in [-0.2, 0) is 14.9 Å². The van der Waals surface area contributed by atoms with Gasteiger partial charge in [0.25, 0.3) is 10.1 Å². The van der Waals surface area contributed by atoms with Gasteiger partial charge < -0.3 is 5.11 Å². The van der Waals surface area contributed by atoms with Gasteiger partial charge in [-0.25, -0.2) is 0 Å². The van der Waals surface area contributed by atoms with E-state index in [1.165, 1.54) is 38.5 Å². The summed E-state index contributed by atoms with van der Waals surface area (Å²) in [6.45, 7) is 1.55. The minimum Gasteiger partial charge on any atom is -0.481 e. The molecule has 0 aromatic carbocycles. The van der Waals surface area contributed by atoms with Gasteiger partial charge in [0.05, 0.1) is 5.25 Å². The fourth-order valence-corrected chi connectivity index (χ4v) is 3.09. The number of carbonyl (C=O) groups is 1. The lowest BCUT2D eigenvalue weighted by molar-refractivity contribution is -0.137. The molecule has 0 saturated carbocycles. The van der Waals surface area contributed by atoms with Gasteiger partial charge in [-0.2, -0.15) is 8.42 Å². The molecular formula is C17H34O5S. The normalized spacial score (nSPS) is 13.1. The van der Waals surface area contributed by atoms with Gasteiger partial charge in [-0.15, -0.1) is 0 Å². The van der Waals surface area contributed by atoms with E-state index in [4.69, 9.17) is 9.66 Å². The molecule has 0 spiro atoms. The van der Waals surface area contributed by atoms with Gasteiger partial charge in [0, 0.05) is 6.42 Å². The molecule has 23 heavy (non-hydrogen) atoms. The zero-order valence-electron chi connectivity index (χ0n) is 14.5. The largest absolute Gasteiger partial charge is 0.481 e. The maximum absolute atomic E-state index is 10.8. The maximum atomic E-state index is 10.8. The number of unbranched alkanes of at least 4 members (excludes halogenated alkanes) is 11. The molecule has 0 bridgehead atoms. The van der Waals surface area contributed by atoms with Crippen molar-refractivity contribution < 1.29 is 22.9 Å². The van der Waals surface area contributed by atoms with Crippen LogP contribution in [0.5, 0.6) is 0 Å². The molecule has 0 aromatic rings. The molecule has 1 atom stereocenters. The highest BCUT2D eigenvalue weighted by Gasteiger charge is 2.15. The summed E-state index contributed by atoms with van der Waals surface area (Å²) in [5.74, 6) is -0.697. The SMILES string of the molecule is CC(CCCCCCCCCCCCCCC(=O)O)S(=O)(=O)O. The third-order valence-corrected chi connectivity index (χ3v) is 5.51. The van der Waals surface area contributed by atoms with Crippen molar-refractivity contribution in [1.29, 1.82) is 0 Å². The van der Waals surface area contributed by atoms with Crippen molar-refractivity contribution in [1.82, 2.24) is 0 Å². The van der Waals surface area contributed by atoms with Crippen LogP contribution in [0.1, 0.15) is 96.8 Å². The summed E-state index contributed by atoms with van der Waals surface area (Å²) in [5, 5.41) is 7.87. The molecule has 0 aliphatic rings. The molecular weight excluding hydrogens is 316 g/mol. The van der Waals surface area contributed by atoms with Crippen LogP contribution in [0.2, 0.25) is 0 Å². The highest BCUT2D eigenvalue weighted by Crippen LogP contribution is 2.14. The van der Waals surface area contributed by atoms with E-state index in [2.05, 4.69) is 0 Å². The average molecular weight is 351 g/mol. The lowest BCUT2D eigenvalue weighted by Gasteiger charge is -2.07. The Balaban J connectivity index is 3.18. The zero-order valence-corrected chi connectivity index (χ0v) is 15.3. The highest BCUT2D eigenvalue weighted by molar-refractivity contribution is 7.86. The molecule has 0 aliphatic carbocycles. The number of aliphatic carboxylic acids is 1. The molecule has 0 amide bonds. The van der Waals surface area contributed by atoms with E-state index in [9.17, 15) is 13.2 Å². The molecule has 0 aromatic heterocycles. The Morgan fingerprint density at radius 3 is 1.48 bits per heavy atom. The van der Waals surface area contributed by atoms with Crippen LogP contribution >= 0.6 is 0 Å². The first kappa shape index (κ1) is 22.4. The second-order valence-electron chi connectivity index (χ2n) is 6.50. The Morgan fingerprint density at radius 2 is 1.13 bits per heavy atom. The third-order valence-electron chi connectivity index (χ3n) is 4.26. The number of carboxylic acid groups (broad SMARTS) is 1. The summed E-state index contributed by atoms with van der Waals surface area (Å²) < 4.78 is 30.5. The van der Waals surface area contributed by atoms with Gasteiger partial charge in [0.1, 0.15) is 0 Å². The van der Waals surface area contributed by atoms with E-state index in [-0.39, 0.29) is 0 Å². The Hall–Kier alpha value is -0.620. The van der Waals surface area contributed by atoms with Crippen LogP contribution in [-0.4, -0.2) is 29.3 Å². The summed E-state index contributed by atoms with van der Waals surface area (Å²) in [6.07, 6.45) is 14.2. The molecule has 6 heteroatoms. The molecule has 0 heterocycles. The van der Waals surface area contributed by atoms with Crippen molar-refractivity contribution in [3.05, 3.63) is 0 Å². The van der Waals surface area contributed by atoms with Crippen molar-refractivity contribution in [2.75, 3.05) is 0 Å². The van der Waals surface area contributed by atoms with Crippen molar-refractivity contribution in [3.8, 4) is 0 Å². The van der Waals surface area contributed by atoms with Gasteiger partial charge in [-0.1, -0.05) is 70.6 Å². The van der Waals surface area contributed by atoms with Gasteiger partial charge in [-0.05, 0) is 19.8 Å². The first-order valence-corrected chi connectivity index (χ1v) is 10.5. The summed E-state index contributed by atoms with van der Waals surface area (Å²) in [5.41, 5.74) is 0. The van der Waals surface area contributed by atoms with Gasteiger partial charge in [0.2, 0.25) is 0 Å². The van der Waals surface area contributed by atoms with Crippen LogP contribution in [0.3, 0.4) is 0 Å². The molecule has 0 aliphatic heterocycles. The van der Waals surface area contributed by atoms with Crippen molar-refractivity contribution in [2.24, 2.45) is 0 Å². The predicted molar refractivity (Wildman–Crippen MR) is 93.3 cm³/mol. The Kier molecular flexibility index (Phi) is 13.4. The van der Waals surface area contributed by atoms with Crippen LogP contribution in [0.15, 0.2) is 0 Å². The lowest BCUT2D eigenvalue weighted by atomic mass is 10.0. The van der Waals surface area contributed by atoms with Crippen molar-refractivity contribution in [2.45, 2.75) is 102 Å². The first-order chi connectivity index (χ1) is 10.8. The first-order valence-electron chi connectivity index (χ1n) is 9.02. The average Bonchev–Trinajstić information content (AvgIpc) is 2.46. The molecule has 5 nitrogen and oxygen atoms in total. The second kappa shape index (κ2) is 13.8. The molecule has 0 fully saturated rings. The maximum Gasteiger partial charge on any atom is 0.303 e. The molecule has 1 unspecified atom stereocenters. The Labute approximate surface area is 141 Å². The third kappa shape index (κ3) is 16.0. The molecule has 2 N–H and O–H groups in total. The number of hydrogen-bond acceptors (Lipinski definition) is 3. The monoisotopic (exact) mass is 350 g/mol. The molecule has 0 rings (SSSR count). The second-order valence-corrected chi connectivity index (χ2v) is 8.34. The quantitative estimate of drug-likeness (QED) is 0.308. The van der Waals surface area contributed by atoms with Gasteiger partial charge in [-0.3, -0.25) is 9.35 Å². The molecule has 0 saturated heterocycles. The van der Waals surface area contributed by atoms with E-state index in [1.807, 2.05) is 0 Å². The molecule has 0 radical (unpaired) electrons. The fraction of sp³-hybridized carbons (Fsp3) is 0.941. The van der Waals surface area contributed by atoms with E-state index < -0.39 is 21.3 Å². The van der Waals surface area contributed by atoms with Gasteiger partial charge in [0.15, 0.2) is 0 Å². The number of hydrogen-bond donors (Lipinski definition) is 2. The molecule has 138 valence electrons. The summed E-state index contributed by atoms with van der Waals surface area (Å²) in [6, 6.07) is 0. The summed E-state index contributed by atoms with van der Waals surface area (Å²) in [7, 11) is -3.85. The standard InChI is InChI=1S/C17H34O5S/c1-16(23(20,21)22)14-12-10-8-6-4-2-3-5-7-9-11-13-15-17(18)19/h16H,2-15H2,1H3,(H,18,19)(H,20,21,22). The van der Waals surface area contributed by atoms with Crippen LogP contribution < -0.4 is 0 Å². The minimum atomic E-state index is -3.85. The number of carboxylic acids is 1. The van der Waals surface area contributed by atoms with E-state index in [1.54, 1.807) is 6.92 Å². The van der Waals surface area contributed by atoms with Crippen molar-refractivity contribution >= 4 is 16.1 Å². The summed E-state index contributed by atoms with van der Waals surface area (Å²) in [4.78, 5) is 10.3.